The Hall–Kier alpha value is -2.24. The lowest BCUT2D eigenvalue weighted by Gasteiger charge is -2.00. The van der Waals surface area contributed by atoms with Gasteiger partial charge in [0.2, 0.25) is 0 Å². The molecule has 0 fully saturated rings. The number of nitrogens with one attached hydrogen (secondary N) is 1. The third-order valence-corrected chi connectivity index (χ3v) is 3.78. The van der Waals surface area contributed by atoms with E-state index in [0.717, 1.165) is 11.3 Å². The highest BCUT2D eigenvalue weighted by Gasteiger charge is 2.09. The summed E-state index contributed by atoms with van der Waals surface area (Å²) in [6, 6.07) is 10.7. The second-order valence-electron chi connectivity index (χ2n) is 4.24. The molecule has 0 bridgehead atoms. The molecule has 0 saturated carbocycles. The van der Waals surface area contributed by atoms with Gasteiger partial charge >= 0.3 is 0 Å². The summed E-state index contributed by atoms with van der Waals surface area (Å²) in [7, 11) is 0. The predicted molar refractivity (Wildman–Crippen MR) is 84.8 cm³/mol. The first kappa shape index (κ1) is 13.7. The molecule has 0 aliphatic carbocycles. The van der Waals surface area contributed by atoms with Crippen molar-refractivity contribution in [3.8, 4) is 11.3 Å². The minimum Gasteiger partial charge on any atom is -0.298 e. The van der Waals surface area contributed by atoms with Gasteiger partial charge in [0.1, 0.15) is 0 Å². The van der Waals surface area contributed by atoms with Crippen molar-refractivity contribution in [2.45, 2.75) is 0 Å². The summed E-state index contributed by atoms with van der Waals surface area (Å²) >= 11 is 7.34. The fourth-order valence-electron chi connectivity index (χ4n) is 1.78. The number of hydrogen-bond acceptors (Lipinski definition) is 4. The van der Waals surface area contributed by atoms with E-state index in [1.54, 1.807) is 24.5 Å². The summed E-state index contributed by atoms with van der Waals surface area (Å²) in [4.78, 5) is 20.3. The number of amides is 1. The molecule has 1 amide bonds. The van der Waals surface area contributed by atoms with Crippen molar-refractivity contribution in [1.29, 1.82) is 0 Å². The maximum atomic E-state index is 12.0. The van der Waals surface area contributed by atoms with Crippen LogP contribution < -0.4 is 5.32 Å². The zero-order valence-corrected chi connectivity index (χ0v) is 12.4. The Balaban J connectivity index is 1.78. The molecule has 0 radical (unpaired) electrons. The first-order chi connectivity index (χ1) is 10.2. The van der Waals surface area contributed by atoms with E-state index in [4.69, 9.17) is 11.6 Å². The molecular weight excluding hydrogens is 306 g/mol. The number of anilines is 1. The van der Waals surface area contributed by atoms with Crippen LogP contribution in [0, 0.1) is 0 Å². The minimum atomic E-state index is -0.204. The molecule has 6 heteroatoms. The summed E-state index contributed by atoms with van der Waals surface area (Å²) in [5, 5.41) is 5.86. The maximum absolute atomic E-state index is 12.0. The fourth-order valence-corrected chi connectivity index (χ4v) is 2.69. The van der Waals surface area contributed by atoms with Gasteiger partial charge < -0.3 is 0 Å². The van der Waals surface area contributed by atoms with E-state index in [9.17, 15) is 4.79 Å². The zero-order chi connectivity index (χ0) is 14.7. The molecule has 0 unspecified atom stereocenters. The number of carbonyl (C=O) groups is 1. The molecule has 0 aliphatic heterocycles. The Morgan fingerprint density at radius 3 is 2.76 bits per heavy atom. The Bertz CT molecular complexity index is 773. The molecule has 4 nitrogen and oxygen atoms in total. The topological polar surface area (TPSA) is 54.9 Å². The SMILES string of the molecule is O=C(Nc1nc(-c2cccc(Cl)c2)cs1)c1ccncc1. The van der Waals surface area contributed by atoms with Gasteiger partial charge in [-0.2, -0.15) is 0 Å². The smallest absolute Gasteiger partial charge is 0.257 e. The Kier molecular flexibility index (Phi) is 3.94. The van der Waals surface area contributed by atoms with Crippen LogP contribution >= 0.6 is 22.9 Å². The van der Waals surface area contributed by atoms with Crippen LogP contribution in [0.1, 0.15) is 10.4 Å². The van der Waals surface area contributed by atoms with E-state index in [1.165, 1.54) is 11.3 Å². The highest BCUT2D eigenvalue weighted by Crippen LogP contribution is 2.26. The van der Waals surface area contributed by atoms with Gasteiger partial charge in [-0.05, 0) is 24.3 Å². The summed E-state index contributed by atoms with van der Waals surface area (Å²) < 4.78 is 0. The van der Waals surface area contributed by atoms with E-state index in [2.05, 4.69) is 15.3 Å². The lowest BCUT2D eigenvalue weighted by molar-refractivity contribution is 0.102. The highest BCUT2D eigenvalue weighted by molar-refractivity contribution is 7.14. The molecule has 21 heavy (non-hydrogen) atoms. The number of thiazole rings is 1. The molecule has 0 saturated heterocycles. The molecular formula is C15H10ClN3OS. The van der Waals surface area contributed by atoms with Gasteiger partial charge in [-0.3, -0.25) is 15.1 Å². The maximum Gasteiger partial charge on any atom is 0.257 e. The predicted octanol–water partition coefficient (Wildman–Crippen LogP) is 4.11. The van der Waals surface area contributed by atoms with E-state index in [0.29, 0.717) is 15.7 Å². The van der Waals surface area contributed by atoms with Crippen molar-refractivity contribution >= 4 is 34.0 Å². The van der Waals surface area contributed by atoms with Crippen molar-refractivity contribution in [3.63, 3.8) is 0 Å². The lowest BCUT2D eigenvalue weighted by atomic mass is 10.2. The van der Waals surface area contributed by atoms with Crippen LogP contribution in [0.15, 0.2) is 54.2 Å². The fraction of sp³-hybridized carbons (Fsp3) is 0. The average molecular weight is 316 g/mol. The first-order valence-electron chi connectivity index (χ1n) is 6.15. The number of hydrogen-bond donors (Lipinski definition) is 1. The molecule has 2 aromatic heterocycles. The van der Waals surface area contributed by atoms with Gasteiger partial charge in [0, 0.05) is 33.9 Å². The highest BCUT2D eigenvalue weighted by atomic mass is 35.5. The molecule has 1 N–H and O–H groups in total. The van der Waals surface area contributed by atoms with Crippen LogP contribution in [-0.2, 0) is 0 Å². The first-order valence-corrected chi connectivity index (χ1v) is 7.41. The Morgan fingerprint density at radius 1 is 1.19 bits per heavy atom. The van der Waals surface area contributed by atoms with Crippen molar-refractivity contribution in [1.82, 2.24) is 9.97 Å². The quantitative estimate of drug-likeness (QED) is 0.791. The number of halogens is 1. The molecule has 0 atom stereocenters. The molecule has 3 aromatic rings. The van der Waals surface area contributed by atoms with E-state index < -0.39 is 0 Å². The van der Waals surface area contributed by atoms with Crippen LogP contribution in [0.2, 0.25) is 5.02 Å². The largest absolute Gasteiger partial charge is 0.298 e. The van der Waals surface area contributed by atoms with Crippen molar-refractivity contribution in [2.75, 3.05) is 5.32 Å². The third kappa shape index (κ3) is 3.26. The van der Waals surface area contributed by atoms with Crippen LogP contribution in [0.3, 0.4) is 0 Å². The van der Waals surface area contributed by atoms with Gasteiger partial charge in [0.15, 0.2) is 5.13 Å². The molecule has 0 spiro atoms. The van der Waals surface area contributed by atoms with Crippen LogP contribution in [0.25, 0.3) is 11.3 Å². The second-order valence-corrected chi connectivity index (χ2v) is 5.53. The lowest BCUT2D eigenvalue weighted by Crippen LogP contribution is -2.11. The molecule has 1 aromatic carbocycles. The van der Waals surface area contributed by atoms with Crippen LogP contribution in [0.5, 0.6) is 0 Å². The zero-order valence-electron chi connectivity index (χ0n) is 10.8. The molecule has 3 rings (SSSR count). The van der Waals surface area contributed by atoms with E-state index in [1.807, 2.05) is 29.6 Å². The summed E-state index contributed by atoms with van der Waals surface area (Å²) in [6.45, 7) is 0. The van der Waals surface area contributed by atoms with Gasteiger partial charge in [-0.15, -0.1) is 11.3 Å². The van der Waals surface area contributed by atoms with Crippen LogP contribution in [0.4, 0.5) is 5.13 Å². The number of nitrogens with zero attached hydrogens (tertiary/aromatic N) is 2. The Morgan fingerprint density at radius 2 is 2.00 bits per heavy atom. The number of rotatable bonds is 3. The van der Waals surface area contributed by atoms with Crippen molar-refractivity contribution < 1.29 is 4.79 Å². The third-order valence-electron chi connectivity index (χ3n) is 2.79. The van der Waals surface area contributed by atoms with E-state index in [-0.39, 0.29) is 5.91 Å². The number of benzene rings is 1. The Labute approximate surface area is 130 Å². The van der Waals surface area contributed by atoms with Gasteiger partial charge in [-0.1, -0.05) is 23.7 Å². The summed E-state index contributed by atoms with van der Waals surface area (Å²) in [6.07, 6.45) is 3.16. The standard InChI is InChI=1S/C15H10ClN3OS/c16-12-3-1-2-11(8-12)13-9-21-15(18-13)19-14(20)10-4-6-17-7-5-10/h1-9H,(H,18,19,20). The van der Waals surface area contributed by atoms with Gasteiger partial charge in [-0.25, -0.2) is 4.98 Å². The van der Waals surface area contributed by atoms with Gasteiger partial charge in [0.05, 0.1) is 5.69 Å². The summed E-state index contributed by atoms with van der Waals surface area (Å²) in [5.41, 5.74) is 2.25. The molecule has 2 heterocycles. The number of aromatic nitrogens is 2. The number of pyridine rings is 1. The second kappa shape index (κ2) is 6.03. The van der Waals surface area contributed by atoms with E-state index >= 15 is 0 Å². The molecule has 104 valence electrons. The average Bonchev–Trinajstić information content (AvgIpc) is 2.97. The van der Waals surface area contributed by atoms with Crippen molar-refractivity contribution in [3.05, 3.63) is 64.8 Å². The van der Waals surface area contributed by atoms with Gasteiger partial charge in [0.25, 0.3) is 5.91 Å². The minimum absolute atomic E-state index is 0.204. The molecule has 0 aliphatic rings. The van der Waals surface area contributed by atoms with Crippen LogP contribution in [-0.4, -0.2) is 15.9 Å². The summed E-state index contributed by atoms with van der Waals surface area (Å²) in [5.74, 6) is -0.204. The monoisotopic (exact) mass is 315 g/mol. The van der Waals surface area contributed by atoms with Crippen molar-refractivity contribution in [2.24, 2.45) is 0 Å². The number of carbonyl (C=O) groups excluding carboxylic acids is 1. The normalized spacial score (nSPS) is 10.3.